The van der Waals surface area contributed by atoms with Gasteiger partial charge in [0.15, 0.2) is 17.3 Å². The van der Waals surface area contributed by atoms with Crippen LogP contribution in [-0.2, 0) is 0 Å². The average Bonchev–Trinajstić information content (AvgIpc) is 3.46. The molecule has 0 aliphatic carbocycles. The highest BCUT2D eigenvalue weighted by atomic mass is 32.1. The molecule has 1 amide bonds. The van der Waals surface area contributed by atoms with Gasteiger partial charge in [0.1, 0.15) is 10.8 Å². The predicted molar refractivity (Wildman–Crippen MR) is 134 cm³/mol. The lowest BCUT2D eigenvalue weighted by molar-refractivity contribution is 0.0997. The molecule has 1 aromatic carbocycles. The second-order valence-electron chi connectivity index (χ2n) is 7.81. The van der Waals surface area contributed by atoms with Gasteiger partial charge in [-0.25, -0.2) is 4.98 Å². The number of thiophene rings is 1. The third kappa shape index (κ3) is 4.77. The Morgan fingerprint density at radius 3 is 2.50 bits per heavy atom. The summed E-state index contributed by atoms with van der Waals surface area (Å²) >= 11 is 1.53. The molecular formula is C26H27N3O4S. The number of amides is 1. The fourth-order valence-corrected chi connectivity index (χ4v) is 4.88. The van der Waals surface area contributed by atoms with E-state index in [4.69, 9.17) is 13.9 Å². The first-order valence-electron chi connectivity index (χ1n) is 10.8. The van der Waals surface area contributed by atoms with Crippen LogP contribution in [0.15, 0.2) is 59.2 Å². The minimum Gasteiger partial charge on any atom is -0.493 e. The maximum absolute atomic E-state index is 12.8. The van der Waals surface area contributed by atoms with Crippen LogP contribution in [0.3, 0.4) is 0 Å². The van der Waals surface area contributed by atoms with E-state index in [2.05, 4.69) is 22.5 Å². The van der Waals surface area contributed by atoms with Gasteiger partial charge in [0.05, 0.1) is 26.5 Å². The Bertz CT molecular complexity index is 1300. The molecular weight excluding hydrogens is 450 g/mol. The van der Waals surface area contributed by atoms with Crippen molar-refractivity contribution in [2.75, 3.05) is 24.9 Å². The Hall–Kier alpha value is -3.78. The van der Waals surface area contributed by atoms with E-state index in [-0.39, 0.29) is 17.7 Å². The number of ether oxygens (including phenoxy) is 2. The van der Waals surface area contributed by atoms with Gasteiger partial charge in [-0.05, 0) is 68.3 Å². The highest BCUT2D eigenvalue weighted by Crippen LogP contribution is 2.42. The second-order valence-corrected chi connectivity index (χ2v) is 9.04. The number of furan rings is 1. The van der Waals surface area contributed by atoms with Gasteiger partial charge in [-0.2, -0.15) is 0 Å². The molecule has 0 unspecified atom stereocenters. The lowest BCUT2D eigenvalue weighted by atomic mass is 9.96. The average molecular weight is 478 g/mol. The van der Waals surface area contributed by atoms with Gasteiger partial charge >= 0.3 is 0 Å². The summed E-state index contributed by atoms with van der Waals surface area (Å²) in [5.41, 5.74) is 3.88. The molecule has 0 saturated heterocycles. The molecule has 0 fully saturated rings. The number of carbonyl (C=O) groups excluding carboxylic acids is 1. The smallest absolute Gasteiger partial charge is 0.291 e. The number of benzene rings is 1. The van der Waals surface area contributed by atoms with E-state index >= 15 is 0 Å². The van der Waals surface area contributed by atoms with Crippen LogP contribution in [-0.4, -0.2) is 25.1 Å². The molecule has 8 heteroatoms. The van der Waals surface area contributed by atoms with Crippen molar-refractivity contribution in [2.45, 2.75) is 26.8 Å². The molecule has 2 N–H and O–H groups in total. The van der Waals surface area contributed by atoms with E-state index in [0.29, 0.717) is 11.5 Å². The Morgan fingerprint density at radius 2 is 1.82 bits per heavy atom. The van der Waals surface area contributed by atoms with Gasteiger partial charge in [-0.3, -0.25) is 4.79 Å². The van der Waals surface area contributed by atoms with E-state index < -0.39 is 0 Å². The second kappa shape index (κ2) is 10.0. The van der Waals surface area contributed by atoms with E-state index in [0.717, 1.165) is 38.1 Å². The Labute approximate surface area is 202 Å². The van der Waals surface area contributed by atoms with E-state index in [1.807, 2.05) is 50.2 Å². The molecule has 7 nitrogen and oxygen atoms in total. The van der Waals surface area contributed by atoms with Gasteiger partial charge in [0.25, 0.3) is 5.91 Å². The molecule has 0 aliphatic rings. The van der Waals surface area contributed by atoms with Crippen LogP contribution >= 0.6 is 11.3 Å². The van der Waals surface area contributed by atoms with Crippen LogP contribution in [0.4, 0.5) is 10.8 Å². The number of hydrogen-bond acceptors (Lipinski definition) is 7. The van der Waals surface area contributed by atoms with Crippen molar-refractivity contribution >= 4 is 28.1 Å². The third-order valence-electron chi connectivity index (χ3n) is 5.61. The third-order valence-corrected chi connectivity index (χ3v) is 6.75. The zero-order valence-electron chi connectivity index (χ0n) is 19.8. The summed E-state index contributed by atoms with van der Waals surface area (Å²) in [6.07, 6.45) is 1.48. The summed E-state index contributed by atoms with van der Waals surface area (Å²) in [4.78, 5) is 18.6. The molecule has 0 spiro atoms. The highest BCUT2D eigenvalue weighted by molar-refractivity contribution is 7.16. The van der Waals surface area contributed by atoms with Crippen LogP contribution in [0.1, 0.15) is 43.9 Å². The number of aryl methyl sites for hydroxylation is 2. The number of anilines is 2. The molecule has 4 aromatic rings. The summed E-state index contributed by atoms with van der Waals surface area (Å²) in [5, 5.41) is 7.36. The normalized spacial score (nSPS) is 11.7. The molecule has 34 heavy (non-hydrogen) atoms. The molecule has 0 radical (unpaired) electrons. The van der Waals surface area contributed by atoms with E-state index in [9.17, 15) is 4.79 Å². The molecule has 0 saturated carbocycles. The number of hydrogen-bond donors (Lipinski definition) is 2. The van der Waals surface area contributed by atoms with Gasteiger partial charge in [0, 0.05) is 16.1 Å². The minimum absolute atomic E-state index is 0.255. The summed E-state index contributed by atoms with van der Waals surface area (Å²) in [5.74, 6) is 1.95. The number of carbonyl (C=O) groups is 1. The van der Waals surface area contributed by atoms with E-state index in [1.54, 1.807) is 26.4 Å². The molecule has 0 aliphatic heterocycles. The largest absolute Gasteiger partial charge is 0.493 e. The van der Waals surface area contributed by atoms with Crippen molar-refractivity contribution in [3.63, 3.8) is 0 Å². The number of methoxy groups -OCH3 is 2. The fourth-order valence-electron chi connectivity index (χ4n) is 3.78. The standard InChI is InChI=1S/C26H27N3O4S/c1-15-8-6-10-22(27-15)28-24(18-11-12-19(31-4)21(14-18)32-5)23-16(2)17(3)34-26(23)29-25(30)20-9-7-13-33-20/h6-14,24H,1-5H3,(H,27,28)(H,29,30)/t24-/m0/s1. The first-order chi connectivity index (χ1) is 16.4. The molecule has 4 rings (SSSR count). The monoisotopic (exact) mass is 477 g/mol. The van der Waals surface area contributed by atoms with Crippen LogP contribution in [0.25, 0.3) is 0 Å². The SMILES string of the molecule is COc1ccc([C@H](Nc2cccc(C)n2)c2c(NC(=O)c3ccco3)sc(C)c2C)cc1OC. The van der Waals surface area contributed by atoms with Gasteiger partial charge in [-0.15, -0.1) is 11.3 Å². The maximum Gasteiger partial charge on any atom is 0.291 e. The molecule has 3 aromatic heterocycles. The van der Waals surface area contributed by atoms with Crippen LogP contribution in [0.5, 0.6) is 11.5 Å². The molecule has 1 atom stereocenters. The molecule has 176 valence electrons. The number of rotatable bonds is 8. The van der Waals surface area contributed by atoms with Crippen LogP contribution in [0, 0.1) is 20.8 Å². The maximum atomic E-state index is 12.8. The van der Waals surface area contributed by atoms with Gasteiger partial charge < -0.3 is 24.5 Å². The summed E-state index contributed by atoms with van der Waals surface area (Å²) in [6, 6.07) is 14.7. The zero-order chi connectivity index (χ0) is 24.2. The topological polar surface area (TPSA) is 85.6 Å². The van der Waals surface area contributed by atoms with Gasteiger partial charge in [0.2, 0.25) is 0 Å². The number of nitrogens with one attached hydrogen (secondary N) is 2. The predicted octanol–water partition coefficient (Wildman–Crippen LogP) is 6.13. The summed E-state index contributed by atoms with van der Waals surface area (Å²) in [6.45, 7) is 6.05. The van der Waals surface area contributed by atoms with Crippen molar-refractivity contribution in [3.05, 3.63) is 87.8 Å². The van der Waals surface area contributed by atoms with Crippen molar-refractivity contribution < 1.29 is 18.7 Å². The van der Waals surface area contributed by atoms with Crippen molar-refractivity contribution in [1.29, 1.82) is 0 Å². The van der Waals surface area contributed by atoms with Crippen LogP contribution in [0.2, 0.25) is 0 Å². The highest BCUT2D eigenvalue weighted by Gasteiger charge is 2.26. The number of aromatic nitrogens is 1. The van der Waals surface area contributed by atoms with Crippen molar-refractivity contribution in [3.8, 4) is 11.5 Å². The zero-order valence-corrected chi connectivity index (χ0v) is 20.6. The van der Waals surface area contributed by atoms with Gasteiger partial charge in [-0.1, -0.05) is 12.1 Å². The Morgan fingerprint density at radius 1 is 1.03 bits per heavy atom. The van der Waals surface area contributed by atoms with E-state index in [1.165, 1.54) is 17.6 Å². The Balaban J connectivity index is 1.83. The van der Waals surface area contributed by atoms with Crippen molar-refractivity contribution in [2.24, 2.45) is 0 Å². The lowest BCUT2D eigenvalue weighted by Crippen LogP contribution is -2.18. The first kappa shape index (κ1) is 23.4. The lowest BCUT2D eigenvalue weighted by Gasteiger charge is -2.23. The fraction of sp³-hybridized carbons (Fsp3) is 0.231. The Kier molecular flexibility index (Phi) is 6.88. The number of nitrogens with zero attached hydrogens (tertiary/aromatic N) is 1. The number of pyridine rings is 1. The first-order valence-corrected chi connectivity index (χ1v) is 11.6. The summed E-state index contributed by atoms with van der Waals surface area (Å²) in [7, 11) is 3.22. The minimum atomic E-state index is -0.314. The van der Waals surface area contributed by atoms with Crippen LogP contribution < -0.4 is 20.1 Å². The molecule has 0 bridgehead atoms. The molecule has 3 heterocycles. The van der Waals surface area contributed by atoms with Crippen molar-refractivity contribution in [1.82, 2.24) is 4.98 Å². The summed E-state index contributed by atoms with van der Waals surface area (Å²) < 4.78 is 16.3. The quantitative estimate of drug-likeness (QED) is 0.317.